The topological polar surface area (TPSA) is 78.4 Å². The largest absolute Gasteiger partial charge is 0.391 e. The summed E-state index contributed by atoms with van der Waals surface area (Å²) < 4.78 is 44.9. The maximum absolute atomic E-state index is 15.0. The molecular formula is C24H30ClF3N2O3. The maximum atomic E-state index is 15.0. The third-order valence-electron chi connectivity index (χ3n) is 7.80. The van der Waals surface area contributed by atoms with E-state index in [4.69, 9.17) is 11.6 Å². The number of aliphatic hydroxyl groups excluding tert-OH is 1. The Hall–Kier alpha value is -1.80. The Kier molecular flexibility index (Phi) is 6.71. The number of hydrogen-bond donors (Lipinski definition) is 3. The normalized spacial score (nSPS) is 33.8. The molecular weight excluding hydrogens is 457 g/mol. The van der Waals surface area contributed by atoms with E-state index in [-0.39, 0.29) is 48.6 Å². The average molecular weight is 487 g/mol. The van der Waals surface area contributed by atoms with Crippen LogP contribution in [0.1, 0.15) is 76.3 Å². The fourth-order valence-corrected chi connectivity index (χ4v) is 6.23. The summed E-state index contributed by atoms with van der Waals surface area (Å²) in [6.07, 6.45) is 1.94. The lowest BCUT2D eigenvalue weighted by Gasteiger charge is -2.37. The van der Waals surface area contributed by atoms with Gasteiger partial charge in [-0.25, -0.2) is 13.2 Å². The van der Waals surface area contributed by atoms with Gasteiger partial charge < -0.3 is 15.7 Å². The number of carbonyl (C=O) groups is 2. The zero-order valence-electron chi connectivity index (χ0n) is 18.6. The van der Waals surface area contributed by atoms with Crippen molar-refractivity contribution in [3.05, 3.63) is 34.4 Å². The second-order valence-corrected chi connectivity index (χ2v) is 10.5. The molecule has 1 aromatic carbocycles. The zero-order chi connectivity index (χ0) is 24.0. The van der Waals surface area contributed by atoms with Crippen LogP contribution < -0.4 is 10.6 Å². The van der Waals surface area contributed by atoms with Crippen LogP contribution in [0.5, 0.6) is 0 Å². The molecule has 0 aromatic heterocycles. The highest BCUT2D eigenvalue weighted by molar-refractivity contribution is 6.30. The van der Waals surface area contributed by atoms with Crippen molar-refractivity contribution in [3.63, 3.8) is 0 Å². The van der Waals surface area contributed by atoms with Crippen LogP contribution in [0.2, 0.25) is 5.02 Å². The first-order chi connectivity index (χ1) is 15.6. The summed E-state index contributed by atoms with van der Waals surface area (Å²) >= 11 is 5.94. The van der Waals surface area contributed by atoms with Crippen LogP contribution in [0.15, 0.2) is 12.1 Å². The summed E-state index contributed by atoms with van der Waals surface area (Å²) in [5, 5.41) is 15.7. The van der Waals surface area contributed by atoms with Gasteiger partial charge in [-0.1, -0.05) is 18.5 Å². The molecule has 4 unspecified atom stereocenters. The molecule has 0 spiro atoms. The van der Waals surface area contributed by atoms with Crippen molar-refractivity contribution in [2.75, 3.05) is 0 Å². The fraction of sp³-hybridized carbons (Fsp3) is 0.667. The number of benzene rings is 1. The highest BCUT2D eigenvalue weighted by Crippen LogP contribution is 2.63. The molecule has 0 radical (unpaired) electrons. The summed E-state index contributed by atoms with van der Waals surface area (Å²) in [7, 11) is 0. The molecule has 2 bridgehead atoms. The van der Waals surface area contributed by atoms with E-state index in [1.165, 1.54) is 0 Å². The van der Waals surface area contributed by atoms with Crippen molar-refractivity contribution in [2.24, 2.45) is 11.3 Å². The minimum absolute atomic E-state index is 0.121. The van der Waals surface area contributed by atoms with Gasteiger partial charge in [0.05, 0.1) is 23.2 Å². The van der Waals surface area contributed by atoms with E-state index in [9.17, 15) is 19.1 Å². The Morgan fingerprint density at radius 3 is 2.52 bits per heavy atom. The molecule has 0 aliphatic heterocycles. The first-order valence-electron chi connectivity index (χ1n) is 11.7. The van der Waals surface area contributed by atoms with Gasteiger partial charge in [-0.3, -0.25) is 9.59 Å². The van der Waals surface area contributed by atoms with Crippen molar-refractivity contribution in [1.82, 2.24) is 10.6 Å². The molecule has 4 rings (SSSR count). The second-order valence-electron chi connectivity index (χ2n) is 10.0. The van der Waals surface area contributed by atoms with Gasteiger partial charge in [0, 0.05) is 17.9 Å². The van der Waals surface area contributed by atoms with Gasteiger partial charge in [0.2, 0.25) is 11.8 Å². The third-order valence-corrected chi connectivity index (χ3v) is 8.09. The summed E-state index contributed by atoms with van der Waals surface area (Å²) in [5.41, 5.74) is -2.52. The third kappa shape index (κ3) is 4.61. The molecule has 182 valence electrons. The molecule has 3 fully saturated rings. The van der Waals surface area contributed by atoms with Gasteiger partial charge in [-0.05, 0) is 68.9 Å². The number of hydrogen-bond acceptors (Lipinski definition) is 3. The van der Waals surface area contributed by atoms with E-state index in [1.807, 2.05) is 6.92 Å². The highest BCUT2D eigenvalue weighted by atomic mass is 35.5. The van der Waals surface area contributed by atoms with Crippen LogP contribution in [0.4, 0.5) is 13.2 Å². The Balaban J connectivity index is 1.58. The molecule has 3 aliphatic rings. The number of nitrogens with one attached hydrogen (secondary N) is 2. The number of fused-ring (bicyclic) bond motifs is 2. The Labute approximate surface area is 196 Å². The molecule has 3 N–H and O–H groups in total. The van der Waals surface area contributed by atoms with Crippen LogP contribution >= 0.6 is 11.6 Å². The number of alkyl halides is 1. The summed E-state index contributed by atoms with van der Waals surface area (Å²) in [6, 6.07) is 0.537. The summed E-state index contributed by atoms with van der Waals surface area (Å²) in [4.78, 5) is 25.2. The molecule has 3 saturated carbocycles. The molecule has 3 aliphatic carbocycles. The van der Waals surface area contributed by atoms with Gasteiger partial charge in [0.15, 0.2) is 0 Å². The van der Waals surface area contributed by atoms with E-state index in [0.717, 1.165) is 12.1 Å². The van der Waals surface area contributed by atoms with Crippen molar-refractivity contribution in [2.45, 2.75) is 88.6 Å². The SMILES string of the molecule is CCCC(=O)NC1CC(C(=O)NC(c2c(F)ccc(Cl)c2F)C23CCC(F)(CC2)C3)CC1O. The zero-order valence-corrected chi connectivity index (χ0v) is 19.4. The number of carbonyl (C=O) groups excluding carboxylic acids is 2. The molecule has 9 heteroatoms. The van der Waals surface area contributed by atoms with Crippen molar-refractivity contribution < 1.29 is 27.9 Å². The Bertz CT molecular complexity index is 936. The number of halogens is 4. The number of amides is 2. The average Bonchev–Trinajstić information content (AvgIpc) is 3.41. The Morgan fingerprint density at radius 2 is 1.91 bits per heavy atom. The lowest BCUT2D eigenvalue weighted by molar-refractivity contribution is -0.127. The van der Waals surface area contributed by atoms with Gasteiger partial charge >= 0.3 is 0 Å². The molecule has 0 saturated heterocycles. The Morgan fingerprint density at radius 1 is 1.21 bits per heavy atom. The van der Waals surface area contributed by atoms with Gasteiger partial charge in [-0.2, -0.15) is 0 Å². The standard InChI is InChI=1S/C24H30ClF3N2O3/c1-2-3-18(32)29-16-10-13(11-17(16)31)22(33)30-21(19-15(26)5-4-14(25)20(19)27)23-6-8-24(28,12-23)9-7-23/h4-5,13,16-17,21,31H,2-3,6-12H2,1H3,(H,29,32)(H,30,33). The molecule has 5 nitrogen and oxygen atoms in total. The van der Waals surface area contributed by atoms with Gasteiger partial charge in [0.1, 0.15) is 17.3 Å². The quantitative estimate of drug-likeness (QED) is 0.496. The lowest BCUT2D eigenvalue weighted by Crippen LogP contribution is -2.43. The van der Waals surface area contributed by atoms with E-state index in [2.05, 4.69) is 10.6 Å². The number of aliphatic hydroxyl groups is 1. The van der Waals surface area contributed by atoms with E-state index in [1.54, 1.807) is 0 Å². The predicted octanol–water partition coefficient (Wildman–Crippen LogP) is 4.50. The monoisotopic (exact) mass is 486 g/mol. The smallest absolute Gasteiger partial charge is 0.223 e. The first-order valence-corrected chi connectivity index (χ1v) is 12.1. The van der Waals surface area contributed by atoms with Crippen LogP contribution in [-0.2, 0) is 9.59 Å². The van der Waals surface area contributed by atoms with Crippen molar-refractivity contribution in [1.29, 1.82) is 0 Å². The molecule has 1 aromatic rings. The molecule has 4 atom stereocenters. The van der Waals surface area contributed by atoms with Gasteiger partial charge in [-0.15, -0.1) is 0 Å². The van der Waals surface area contributed by atoms with Crippen LogP contribution in [0.3, 0.4) is 0 Å². The van der Waals surface area contributed by atoms with Crippen LogP contribution in [0, 0.1) is 23.0 Å². The van der Waals surface area contributed by atoms with E-state index >= 15 is 8.78 Å². The minimum Gasteiger partial charge on any atom is -0.391 e. The number of rotatable bonds is 7. The van der Waals surface area contributed by atoms with Crippen LogP contribution in [-0.4, -0.2) is 34.7 Å². The van der Waals surface area contributed by atoms with E-state index < -0.39 is 52.7 Å². The maximum Gasteiger partial charge on any atom is 0.223 e. The van der Waals surface area contributed by atoms with Crippen molar-refractivity contribution >= 4 is 23.4 Å². The second kappa shape index (κ2) is 9.10. The van der Waals surface area contributed by atoms with E-state index in [0.29, 0.717) is 25.7 Å². The molecule has 2 amide bonds. The lowest BCUT2D eigenvalue weighted by atomic mass is 9.74. The molecule has 0 heterocycles. The van der Waals surface area contributed by atoms with Crippen molar-refractivity contribution in [3.8, 4) is 0 Å². The summed E-state index contributed by atoms with van der Waals surface area (Å²) in [6.45, 7) is 1.87. The summed E-state index contributed by atoms with van der Waals surface area (Å²) in [5.74, 6) is -3.10. The minimum atomic E-state index is -1.38. The first kappa shape index (κ1) is 24.3. The highest BCUT2D eigenvalue weighted by Gasteiger charge is 2.59. The predicted molar refractivity (Wildman–Crippen MR) is 117 cm³/mol. The fourth-order valence-electron chi connectivity index (χ4n) is 6.06. The van der Waals surface area contributed by atoms with Gasteiger partial charge in [0.25, 0.3) is 0 Å². The van der Waals surface area contributed by atoms with Crippen LogP contribution in [0.25, 0.3) is 0 Å². The molecule has 33 heavy (non-hydrogen) atoms.